The minimum Gasteiger partial charge on any atom is -0.322 e. The third-order valence-electron chi connectivity index (χ3n) is 3.89. The highest BCUT2D eigenvalue weighted by atomic mass is 127. The summed E-state index contributed by atoms with van der Waals surface area (Å²) in [7, 11) is -3.71. The summed E-state index contributed by atoms with van der Waals surface area (Å²) in [6.07, 6.45) is 0. The Labute approximate surface area is 172 Å². The number of carbonyl (C=O) groups excluding carboxylic acids is 1. The van der Waals surface area contributed by atoms with Gasteiger partial charge in [0, 0.05) is 20.5 Å². The third kappa shape index (κ3) is 4.86. The van der Waals surface area contributed by atoms with Crippen molar-refractivity contribution in [2.75, 3.05) is 10.0 Å². The van der Waals surface area contributed by atoms with Gasteiger partial charge in [0.05, 0.1) is 4.90 Å². The van der Waals surface area contributed by atoms with E-state index in [1.54, 1.807) is 30.3 Å². The maximum Gasteiger partial charge on any atom is 0.261 e. The average Bonchev–Trinajstić information content (AvgIpc) is 2.64. The van der Waals surface area contributed by atoms with E-state index in [-0.39, 0.29) is 10.8 Å². The molecule has 0 radical (unpaired) electrons. The van der Waals surface area contributed by atoms with E-state index in [1.165, 1.54) is 24.3 Å². The molecule has 7 heteroatoms. The van der Waals surface area contributed by atoms with Crippen molar-refractivity contribution in [3.8, 4) is 0 Å². The number of hydrogen-bond acceptors (Lipinski definition) is 3. The van der Waals surface area contributed by atoms with Gasteiger partial charge in [0.2, 0.25) is 0 Å². The predicted molar refractivity (Wildman–Crippen MR) is 116 cm³/mol. The Morgan fingerprint density at radius 3 is 2.22 bits per heavy atom. The normalized spacial score (nSPS) is 11.0. The monoisotopic (exact) mass is 492 g/mol. The molecule has 0 atom stereocenters. The van der Waals surface area contributed by atoms with E-state index in [1.807, 2.05) is 25.1 Å². The molecule has 0 aliphatic rings. The summed E-state index contributed by atoms with van der Waals surface area (Å²) in [6, 6.07) is 20.2. The molecule has 5 nitrogen and oxygen atoms in total. The van der Waals surface area contributed by atoms with Gasteiger partial charge in [-0.2, -0.15) is 0 Å². The van der Waals surface area contributed by atoms with Crippen LogP contribution in [-0.4, -0.2) is 14.3 Å². The van der Waals surface area contributed by atoms with E-state index in [0.717, 1.165) is 14.8 Å². The first-order valence-corrected chi connectivity index (χ1v) is 10.7. The number of benzene rings is 3. The van der Waals surface area contributed by atoms with Gasteiger partial charge in [-0.25, -0.2) is 8.42 Å². The van der Waals surface area contributed by atoms with Gasteiger partial charge in [-0.05, 0) is 89.7 Å². The zero-order valence-electron chi connectivity index (χ0n) is 14.4. The zero-order valence-corrected chi connectivity index (χ0v) is 17.4. The lowest BCUT2D eigenvalue weighted by Gasteiger charge is -2.10. The first-order chi connectivity index (χ1) is 12.8. The van der Waals surface area contributed by atoms with Gasteiger partial charge in [-0.15, -0.1) is 0 Å². The second-order valence-corrected chi connectivity index (χ2v) is 8.84. The average molecular weight is 492 g/mol. The summed E-state index contributed by atoms with van der Waals surface area (Å²) in [5.74, 6) is -0.292. The van der Waals surface area contributed by atoms with Gasteiger partial charge in [-0.1, -0.05) is 18.2 Å². The summed E-state index contributed by atoms with van der Waals surface area (Å²) in [4.78, 5) is 12.5. The first kappa shape index (κ1) is 19.4. The van der Waals surface area contributed by atoms with Crippen molar-refractivity contribution in [1.29, 1.82) is 0 Å². The number of sulfonamides is 1. The van der Waals surface area contributed by atoms with E-state index < -0.39 is 10.0 Å². The van der Waals surface area contributed by atoms with Crippen LogP contribution in [0.15, 0.2) is 77.7 Å². The van der Waals surface area contributed by atoms with Crippen LogP contribution in [0, 0.1) is 10.5 Å². The fraction of sp³-hybridized carbons (Fsp3) is 0.0500. The Kier molecular flexibility index (Phi) is 5.81. The lowest BCUT2D eigenvalue weighted by Crippen LogP contribution is -2.15. The topological polar surface area (TPSA) is 75.3 Å². The van der Waals surface area contributed by atoms with E-state index in [2.05, 4.69) is 32.6 Å². The lowest BCUT2D eigenvalue weighted by molar-refractivity contribution is 0.102. The predicted octanol–water partition coefficient (Wildman–Crippen LogP) is 4.65. The molecule has 1 amide bonds. The van der Waals surface area contributed by atoms with Gasteiger partial charge in [0.1, 0.15) is 0 Å². The quantitative estimate of drug-likeness (QED) is 0.510. The maximum atomic E-state index is 12.4. The molecule has 0 aliphatic carbocycles. The van der Waals surface area contributed by atoms with Crippen LogP contribution < -0.4 is 10.0 Å². The van der Waals surface area contributed by atoms with Crippen molar-refractivity contribution >= 4 is 49.9 Å². The molecule has 0 saturated heterocycles. The van der Waals surface area contributed by atoms with Crippen molar-refractivity contribution in [3.05, 3.63) is 87.5 Å². The summed E-state index contributed by atoms with van der Waals surface area (Å²) in [5, 5.41) is 2.84. The summed E-state index contributed by atoms with van der Waals surface area (Å²) >= 11 is 2.21. The van der Waals surface area contributed by atoms with Crippen LogP contribution in [0.2, 0.25) is 0 Å². The Hall–Kier alpha value is -2.39. The molecule has 0 aromatic heterocycles. The molecule has 0 aliphatic heterocycles. The number of halogens is 1. The molecule has 138 valence electrons. The maximum absolute atomic E-state index is 12.4. The molecular formula is C20H17IN2O3S. The molecule has 0 spiro atoms. The number of aryl methyl sites for hydroxylation is 1. The molecule has 0 heterocycles. The summed E-state index contributed by atoms with van der Waals surface area (Å²) in [5.41, 5.74) is 2.55. The molecule has 0 saturated carbocycles. The van der Waals surface area contributed by atoms with Crippen LogP contribution in [0.25, 0.3) is 0 Å². The third-order valence-corrected chi connectivity index (χ3v) is 5.96. The standard InChI is InChI=1S/C20H17IN2O3S/c1-14-13-16(21)9-12-19(14)22-20(24)15-7-10-18(11-8-15)27(25,26)23-17-5-3-2-4-6-17/h2-13,23H,1H3,(H,22,24). The van der Waals surface area contributed by atoms with Crippen LogP contribution in [0.5, 0.6) is 0 Å². The van der Waals surface area contributed by atoms with Crippen LogP contribution >= 0.6 is 22.6 Å². The number of anilines is 2. The van der Waals surface area contributed by atoms with Crippen molar-refractivity contribution in [2.24, 2.45) is 0 Å². The molecule has 3 aromatic rings. The van der Waals surface area contributed by atoms with Crippen LogP contribution in [0.4, 0.5) is 11.4 Å². The number of para-hydroxylation sites is 1. The second kappa shape index (κ2) is 8.10. The molecule has 27 heavy (non-hydrogen) atoms. The fourth-order valence-corrected chi connectivity index (χ4v) is 4.17. The van der Waals surface area contributed by atoms with Gasteiger partial charge >= 0.3 is 0 Å². The van der Waals surface area contributed by atoms with Crippen molar-refractivity contribution in [2.45, 2.75) is 11.8 Å². The van der Waals surface area contributed by atoms with E-state index in [9.17, 15) is 13.2 Å². The highest BCUT2D eigenvalue weighted by molar-refractivity contribution is 14.1. The summed E-state index contributed by atoms with van der Waals surface area (Å²) in [6.45, 7) is 1.92. The number of carbonyl (C=O) groups is 1. The fourth-order valence-electron chi connectivity index (χ4n) is 2.47. The molecular weight excluding hydrogens is 475 g/mol. The Bertz CT molecular complexity index is 1070. The molecule has 3 rings (SSSR count). The van der Waals surface area contributed by atoms with Crippen LogP contribution in [0.3, 0.4) is 0 Å². The van der Waals surface area contributed by atoms with Gasteiger partial charge in [0.25, 0.3) is 15.9 Å². The molecule has 3 aromatic carbocycles. The van der Waals surface area contributed by atoms with E-state index in [0.29, 0.717) is 11.3 Å². The molecule has 0 fully saturated rings. The highest BCUT2D eigenvalue weighted by Crippen LogP contribution is 2.20. The van der Waals surface area contributed by atoms with Gasteiger partial charge < -0.3 is 5.32 Å². The Morgan fingerprint density at radius 1 is 0.926 bits per heavy atom. The van der Waals surface area contributed by atoms with Gasteiger partial charge in [-0.3, -0.25) is 9.52 Å². The number of rotatable bonds is 5. The summed E-state index contributed by atoms with van der Waals surface area (Å²) < 4.78 is 28.5. The Morgan fingerprint density at radius 2 is 1.59 bits per heavy atom. The van der Waals surface area contributed by atoms with Crippen molar-refractivity contribution in [3.63, 3.8) is 0 Å². The van der Waals surface area contributed by atoms with Gasteiger partial charge in [0.15, 0.2) is 0 Å². The van der Waals surface area contributed by atoms with E-state index in [4.69, 9.17) is 0 Å². The number of hydrogen-bond donors (Lipinski definition) is 2. The van der Waals surface area contributed by atoms with Crippen molar-refractivity contribution < 1.29 is 13.2 Å². The minimum atomic E-state index is -3.71. The lowest BCUT2D eigenvalue weighted by atomic mass is 10.1. The number of amides is 1. The van der Waals surface area contributed by atoms with E-state index >= 15 is 0 Å². The second-order valence-electron chi connectivity index (χ2n) is 5.91. The molecule has 0 bridgehead atoms. The smallest absolute Gasteiger partial charge is 0.261 e. The number of nitrogens with one attached hydrogen (secondary N) is 2. The zero-order chi connectivity index (χ0) is 19.4. The SMILES string of the molecule is Cc1cc(I)ccc1NC(=O)c1ccc(S(=O)(=O)Nc2ccccc2)cc1. The Balaban J connectivity index is 1.75. The van der Waals surface area contributed by atoms with Crippen LogP contribution in [-0.2, 0) is 10.0 Å². The molecule has 0 unspecified atom stereocenters. The largest absolute Gasteiger partial charge is 0.322 e. The van der Waals surface area contributed by atoms with Crippen molar-refractivity contribution in [1.82, 2.24) is 0 Å². The highest BCUT2D eigenvalue weighted by Gasteiger charge is 2.15. The first-order valence-electron chi connectivity index (χ1n) is 8.10. The molecule has 2 N–H and O–H groups in total. The van der Waals surface area contributed by atoms with Crippen LogP contribution in [0.1, 0.15) is 15.9 Å². The minimum absolute atomic E-state index is 0.0911.